The molecular weight excluding hydrogens is 386 g/mol. The molecule has 3 aromatic rings. The zero-order valence-electron chi connectivity index (χ0n) is 17.6. The van der Waals surface area contributed by atoms with Gasteiger partial charge in [0.1, 0.15) is 0 Å². The van der Waals surface area contributed by atoms with Gasteiger partial charge >= 0.3 is 6.03 Å². The smallest absolute Gasteiger partial charge is 0.324 e. The summed E-state index contributed by atoms with van der Waals surface area (Å²) < 4.78 is 2.09. The number of benzene rings is 1. The number of carbonyl (C=O) groups excluding carboxylic acids is 1. The minimum absolute atomic E-state index is 0. The molecule has 0 aliphatic carbocycles. The highest BCUT2D eigenvalue weighted by atomic mass is 35.5. The summed E-state index contributed by atoms with van der Waals surface area (Å²) in [7, 11) is 1.84. The van der Waals surface area contributed by atoms with Crippen molar-refractivity contribution < 1.29 is 4.79 Å². The Labute approximate surface area is 177 Å². The van der Waals surface area contributed by atoms with Gasteiger partial charge in [-0.2, -0.15) is 0 Å². The summed E-state index contributed by atoms with van der Waals surface area (Å²) in [4.78, 5) is 20.9. The highest BCUT2D eigenvalue weighted by molar-refractivity contribution is 5.95. The van der Waals surface area contributed by atoms with E-state index in [0.717, 1.165) is 41.5 Å². The van der Waals surface area contributed by atoms with Gasteiger partial charge in [-0.1, -0.05) is 18.2 Å². The van der Waals surface area contributed by atoms with E-state index in [9.17, 15) is 4.79 Å². The topological polar surface area (TPSA) is 52.9 Å². The number of hydrogen-bond acceptors (Lipinski definition) is 3. The molecule has 1 N–H and O–H groups in total. The van der Waals surface area contributed by atoms with Crippen LogP contribution in [0, 0.1) is 27.7 Å². The van der Waals surface area contributed by atoms with Gasteiger partial charge in [0.05, 0.1) is 17.1 Å². The van der Waals surface area contributed by atoms with Crippen LogP contribution < -0.4 is 10.2 Å². The molecule has 4 rings (SSSR count). The van der Waals surface area contributed by atoms with Crippen molar-refractivity contribution in [3.63, 3.8) is 0 Å². The van der Waals surface area contributed by atoms with E-state index in [-0.39, 0.29) is 18.4 Å². The number of amides is 2. The third-order valence-electron chi connectivity index (χ3n) is 5.81. The van der Waals surface area contributed by atoms with E-state index in [2.05, 4.69) is 48.7 Å². The van der Waals surface area contributed by atoms with Gasteiger partial charge in [0.25, 0.3) is 0 Å². The number of halogens is 1. The Kier molecular flexibility index (Phi) is 5.75. The van der Waals surface area contributed by atoms with E-state index in [1.165, 1.54) is 16.7 Å². The molecule has 1 aromatic carbocycles. The molecule has 1 fully saturated rings. The lowest BCUT2D eigenvalue weighted by atomic mass is 10.0. The Morgan fingerprint density at radius 2 is 1.79 bits per heavy atom. The molecule has 3 heterocycles. The SMILES string of the molecule is Cc1cccc(C)c1CNc1cc(N2CCN(C)C2=O)cn2c(C)c(C)nc12.Cl. The van der Waals surface area contributed by atoms with Crippen LogP contribution in [0.15, 0.2) is 30.5 Å². The minimum Gasteiger partial charge on any atom is -0.378 e. The number of likely N-dealkylation sites (N-methyl/N-ethyl adjacent to an activating group) is 1. The van der Waals surface area contributed by atoms with Crippen molar-refractivity contribution in [3.05, 3.63) is 58.5 Å². The second-order valence-electron chi connectivity index (χ2n) is 7.67. The third kappa shape index (κ3) is 3.65. The summed E-state index contributed by atoms with van der Waals surface area (Å²) in [6, 6.07) is 8.45. The van der Waals surface area contributed by atoms with Crippen molar-refractivity contribution >= 4 is 35.5 Å². The highest BCUT2D eigenvalue weighted by Crippen LogP contribution is 2.29. The first kappa shape index (κ1) is 21.0. The molecule has 2 amide bonds. The van der Waals surface area contributed by atoms with Gasteiger partial charge in [0, 0.05) is 38.6 Å². The lowest BCUT2D eigenvalue weighted by Crippen LogP contribution is -2.29. The number of nitrogens with zero attached hydrogens (tertiary/aromatic N) is 4. The fraction of sp³-hybridized carbons (Fsp3) is 0.364. The Hall–Kier alpha value is -2.73. The van der Waals surface area contributed by atoms with Crippen molar-refractivity contribution in [1.29, 1.82) is 0 Å². The van der Waals surface area contributed by atoms with Crippen LogP contribution in [-0.2, 0) is 6.54 Å². The number of carbonyl (C=O) groups is 1. The number of anilines is 2. The molecule has 2 aromatic heterocycles. The number of urea groups is 1. The Bertz CT molecular complexity index is 1050. The number of pyridine rings is 1. The van der Waals surface area contributed by atoms with Gasteiger partial charge in [-0.3, -0.25) is 4.90 Å². The lowest BCUT2D eigenvalue weighted by molar-refractivity contribution is 0.229. The summed E-state index contributed by atoms with van der Waals surface area (Å²) in [6.45, 7) is 10.5. The number of imidazole rings is 1. The highest BCUT2D eigenvalue weighted by Gasteiger charge is 2.27. The first-order valence-electron chi connectivity index (χ1n) is 9.67. The average molecular weight is 414 g/mol. The van der Waals surface area contributed by atoms with Crippen molar-refractivity contribution in [2.45, 2.75) is 34.2 Å². The molecule has 1 saturated heterocycles. The summed E-state index contributed by atoms with van der Waals surface area (Å²) in [6.07, 6.45) is 2.02. The first-order chi connectivity index (χ1) is 13.4. The van der Waals surface area contributed by atoms with Crippen molar-refractivity contribution in [1.82, 2.24) is 14.3 Å². The van der Waals surface area contributed by atoms with E-state index < -0.39 is 0 Å². The molecule has 0 bridgehead atoms. The zero-order chi connectivity index (χ0) is 20.0. The van der Waals surface area contributed by atoms with Gasteiger partial charge in [-0.05, 0) is 50.5 Å². The second kappa shape index (κ2) is 7.95. The Balaban J connectivity index is 0.00000240. The van der Waals surface area contributed by atoms with Gasteiger partial charge in [0.2, 0.25) is 0 Å². The molecule has 0 atom stereocenters. The fourth-order valence-corrected chi connectivity index (χ4v) is 3.83. The molecule has 0 radical (unpaired) electrons. The largest absolute Gasteiger partial charge is 0.378 e. The van der Waals surface area contributed by atoms with Crippen molar-refractivity contribution in [2.75, 3.05) is 30.4 Å². The van der Waals surface area contributed by atoms with Crippen LogP contribution in [0.25, 0.3) is 5.65 Å². The second-order valence-corrected chi connectivity index (χ2v) is 7.67. The summed E-state index contributed by atoms with van der Waals surface area (Å²) in [5, 5.41) is 3.58. The predicted molar refractivity (Wildman–Crippen MR) is 121 cm³/mol. The summed E-state index contributed by atoms with van der Waals surface area (Å²) >= 11 is 0. The van der Waals surface area contributed by atoms with Crippen molar-refractivity contribution in [2.24, 2.45) is 0 Å². The van der Waals surface area contributed by atoms with Crippen LogP contribution in [0.1, 0.15) is 28.1 Å². The van der Waals surface area contributed by atoms with Gasteiger partial charge in [-0.25, -0.2) is 9.78 Å². The first-order valence-corrected chi connectivity index (χ1v) is 9.67. The standard InChI is InChI=1S/C22H27N5O.ClH/c1-14-7-6-8-15(2)19(14)12-23-20-11-18(26-10-9-25(5)22(26)28)13-27-17(4)16(3)24-21(20)27;/h6-8,11,13,23H,9-10,12H2,1-5H3;1H. The maximum Gasteiger partial charge on any atom is 0.324 e. The normalized spacial score (nSPS) is 13.9. The van der Waals surface area contributed by atoms with E-state index in [4.69, 9.17) is 4.98 Å². The van der Waals surface area contributed by atoms with E-state index in [1.54, 1.807) is 4.90 Å². The molecule has 154 valence electrons. The van der Waals surface area contributed by atoms with Crippen LogP contribution in [0.5, 0.6) is 0 Å². The van der Waals surface area contributed by atoms with E-state index in [0.29, 0.717) is 6.54 Å². The maximum absolute atomic E-state index is 12.5. The Morgan fingerprint density at radius 3 is 2.41 bits per heavy atom. The number of aromatic nitrogens is 2. The van der Waals surface area contributed by atoms with Gasteiger partial charge in [-0.15, -0.1) is 12.4 Å². The van der Waals surface area contributed by atoms with Crippen molar-refractivity contribution in [3.8, 4) is 0 Å². The van der Waals surface area contributed by atoms with Gasteiger partial charge in [0.15, 0.2) is 5.65 Å². The molecule has 0 spiro atoms. The molecular formula is C22H28ClN5O. The molecule has 0 unspecified atom stereocenters. The quantitative estimate of drug-likeness (QED) is 0.686. The molecule has 29 heavy (non-hydrogen) atoms. The minimum atomic E-state index is 0. The zero-order valence-corrected chi connectivity index (χ0v) is 18.4. The van der Waals surface area contributed by atoms with Crippen LogP contribution in [0.4, 0.5) is 16.2 Å². The number of nitrogens with one attached hydrogen (secondary N) is 1. The van der Waals surface area contributed by atoms with Crippen LogP contribution >= 0.6 is 12.4 Å². The average Bonchev–Trinajstić information content (AvgIpc) is 3.14. The number of rotatable bonds is 4. The fourth-order valence-electron chi connectivity index (χ4n) is 3.83. The monoisotopic (exact) mass is 413 g/mol. The number of fused-ring (bicyclic) bond motifs is 1. The van der Waals surface area contributed by atoms with Crippen LogP contribution in [0.2, 0.25) is 0 Å². The van der Waals surface area contributed by atoms with Crippen LogP contribution in [0.3, 0.4) is 0 Å². The number of aryl methyl sites for hydroxylation is 4. The van der Waals surface area contributed by atoms with E-state index in [1.807, 2.05) is 31.1 Å². The van der Waals surface area contributed by atoms with Crippen LogP contribution in [-0.4, -0.2) is 40.5 Å². The molecule has 1 aliphatic rings. The molecule has 1 aliphatic heterocycles. The predicted octanol–water partition coefficient (Wildman–Crippen LogP) is 4.47. The summed E-state index contributed by atoms with van der Waals surface area (Å²) in [5.74, 6) is 0. The Morgan fingerprint density at radius 1 is 1.10 bits per heavy atom. The number of hydrogen-bond donors (Lipinski definition) is 1. The van der Waals surface area contributed by atoms with E-state index >= 15 is 0 Å². The lowest BCUT2D eigenvalue weighted by Gasteiger charge is -2.19. The molecule has 7 heteroatoms. The summed E-state index contributed by atoms with van der Waals surface area (Å²) in [5.41, 5.74) is 8.65. The molecule has 6 nitrogen and oxygen atoms in total. The maximum atomic E-state index is 12.5. The van der Waals surface area contributed by atoms with Gasteiger partial charge < -0.3 is 14.6 Å². The molecule has 0 saturated carbocycles. The third-order valence-corrected chi connectivity index (χ3v) is 5.81.